The van der Waals surface area contributed by atoms with E-state index >= 15 is 0 Å². The van der Waals surface area contributed by atoms with Gasteiger partial charge in [-0.2, -0.15) is 0 Å². The number of hydrogen-bond acceptors (Lipinski definition) is 4. The summed E-state index contributed by atoms with van der Waals surface area (Å²) in [6.07, 6.45) is 0. The molecule has 0 aliphatic rings. The van der Waals surface area contributed by atoms with Crippen LogP contribution in [0.25, 0.3) is 22.2 Å². The van der Waals surface area contributed by atoms with E-state index in [0.717, 1.165) is 16.5 Å². The van der Waals surface area contributed by atoms with Crippen LogP contribution in [0.5, 0.6) is 11.5 Å². The minimum absolute atomic E-state index is 0.122. The SMILES string of the molecule is COc1ccc(-c2cc(C(=O)NC(C)(C)C)c3ccccc3n2)cc1OC. The summed E-state index contributed by atoms with van der Waals surface area (Å²) in [4.78, 5) is 17.6. The highest BCUT2D eigenvalue weighted by atomic mass is 16.5. The first kappa shape index (κ1) is 18.7. The maximum atomic E-state index is 12.9. The Balaban J connectivity index is 2.16. The molecule has 0 aliphatic heterocycles. The molecule has 0 saturated heterocycles. The molecule has 0 atom stereocenters. The zero-order chi connectivity index (χ0) is 19.6. The van der Waals surface area contributed by atoms with Crippen molar-refractivity contribution in [2.45, 2.75) is 26.3 Å². The molecule has 2 aromatic carbocycles. The number of benzene rings is 2. The summed E-state index contributed by atoms with van der Waals surface area (Å²) in [6, 6.07) is 15.1. The first-order valence-corrected chi connectivity index (χ1v) is 8.77. The minimum Gasteiger partial charge on any atom is -0.493 e. The molecule has 3 aromatic rings. The Morgan fingerprint density at radius 1 is 0.963 bits per heavy atom. The number of ether oxygens (including phenoxy) is 2. The number of aromatic nitrogens is 1. The van der Waals surface area contributed by atoms with Gasteiger partial charge in [0.05, 0.1) is 31.0 Å². The van der Waals surface area contributed by atoms with Crippen LogP contribution in [0.3, 0.4) is 0 Å². The molecule has 1 heterocycles. The summed E-state index contributed by atoms with van der Waals surface area (Å²) in [7, 11) is 3.19. The molecule has 0 fully saturated rings. The number of methoxy groups -OCH3 is 2. The van der Waals surface area contributed by atoms with Gasteiger partial charge in [-0.1, -0.05) is 18.2 Å². The summed E-state index contributed by atoms with van der Waals surface area (Å²) < 4.78 is 10.7. The third-order valence-corrected chi connectivity index (χ3v) is 4.13. The Morgan fingerprint density at radius 2 is 1.67 bits per heavy atom. The number of pyridine rings is 1. The molecule has 140 valence electrons. The fraction of sp³-hybridized carbons (Fsp3) is 0.273. The monoisotopic (exact) mass is 364 g/mol. The van der Waals surface area contributed by atoms with Crippen molar-refractivity contribution in [2.75, 3.05) is 14.2 Å². The average molecular weight is 364 g/mol. The molecule has 5 nitrogen and oxygen atoms in total. The molecular formula is C22H24N2O3. The van der Waals surface area contributed by atoms with E-state index in [9.17, 15) is 4.79 Å². The number of carbonyl (C=O) groups excluding carboxylic acids is 1. The predicted molar refractivity (Wildman–Crippen MR) is 108 cm³/mol. The van der Waals surface area contributed by atoms with E-state index in [4.69, 9.17) is 14.5 Å². The van der Waals surface area contributed by atoms with Crippen LogP contribution >= 0.6 is 0 Å². The van der Waals surface area contributed by atoms with Gasteiger partial charge in [0.2, 0.25) is 0 Å². The molecule has 27 heavy (non-hydrogen) atoms. The lowest BCUT2D eigenvalue weighted by Gasteiger charge is -2.21. The van der Waals surface area contributed by atoms with Gasteiger partial charge in [0, 0.05) is 16.5 Å². The van der Waals surface area contributed by atoms with Gasteiger partial charge in [-0.3, -0.25) is 4.79 Å². The Morgan fingerprint density at radius 3 is 2.33 bits per heavy atom. The topological polar surface area (TPSA) is 60.5 Å². The van der Waals surface area contributed by atoms with Gasteiger partial charge < -0.3 is 14.8 Å². The van der Waals surface area contributed by atoms with Crippen molar-refractivity contribution in [1.82, 2.24) is 10.3 Å². The highest BCUT2D eigenvalue weighted by Gasteiger charge is 2.19. The van der Waals surface area contributed by atoms with Gasteiger partial charge >= 0.3 is 0 Å². The molecule has 3 rings (SSSR count). The Hall–Kier alpha value is -3.08. The minimum atomic E-state index is -0.328. The smallest absolute Gasteiger partial charge is 0.252 e. The summed E-state index contributed by atoms with van der Waals surface area (Å²) in [5.74, 6) is 1.14. The van der Waals surface area contributed by atoms with E-state index in [1.54, 1.807) is 14.2 Å². The zero-order valence-electron chi connectivity index (χ0n) is 16.3. The summed E-state index contributed by atoms with van der Waals surface area (Å²) in [6.45, 7) is 5.89. The van der Waals surface area contributed by atoms with Crippen LogP contribution in [0, 0.1) is 0 Å². The van der Waals surface area contributed by atoms with E-state index in [-0.39, 0.29) is 11.4 Å². The lowest BCUT2D eigenvalue weighted by Crippen LogP contribution is -2.40. The van der Waals surface area contributed by atoms with Crippen LogP contribution in [-0.2, 0) is 0 Å². The van der Waals surface area contributed by atoms with Crippen LogP contribution in [0.1, 0.15) is 31.1 Å². The van der Waals surface area contributed by atoms with E-state index in [2.05, 4.69) is 5.32 Å². The van der Waals surface area contributed by atoms with Crippen LogP contribution in [0.4, 0.5) is 0 Å². The van der Waals surface area contributed by atoms with Gasteiger partial charge in [0.1, 0.15) is 0 Å². The summed E-state index contributed by atoms with van der Waals surface area (Å²) in [5, 5.41) is 3.86. The molecule has 5 heteroatoms. The molecule has 1 aromatic heterocycles. The van der Waals surface area contributed by atoms with Crippen molar-refractivity contribution in [1.29, 1.82) is 0 Å². The van der Waals surface area contributed by atoms with Gasteiger partial charge in [-0.15, -0.1) is 0 Å². The van der Waals surface area contributed by atoms with Crippen molar-refractivity contribution >= 4 is 16.8 Å². The van der Waals surface area contributed by atoms with Crippen molar-refractivity contribution < 1.29 is 14.3 Å². The third-order valence-electron chi connectivity index (χ3n) is 4.13. The van der Waals surface area contributed by atoms with Gasteiger partial charge in [0.25, 0.3) is 5.91 Å². The number of nitrogens with zero attached hydrogens (tertiary/aromatic N) is 1. The number of fused-ring (bicyclic) bond motifs is 1. The Kier molecular flexibility index (Phi) is 5.04. The lowest BCUT2D eigenvalue weighted by atomic mass is 10.0. The molecule has 0 unspecified atom stereocenters. The maximum Gasteiger partial charge on any atom is 0.252 e. The van der Waals surface area contributed by atoms with Gasteiger partial charge in [0.15, 0.2) is 11.5 Å². The third kappa shape index (κ3) is 4.03. The second-order valence-corrected chi connectivity index (χ2v) is 7.35. The van der Waals surface area contributed by atoms with Crippen molar-refractivity contribution in [2.24, 2.45) is 0 Å². The normalized spacial score (nSPS) is 11.3. The number of nitrogens with one attached hydrogen (secondary N) is 1. The molecular weight excluding hydrogens is 340 g/mol. The molecule has 0 saturated carbocycles. The fourth-order valence-electron chi connectivity index (χ4n) is 2.91. The van der Waals surface area contributed by atoms with E-state index in [0.29, 0.717) is 22.8 Å². The second kappa shape index (κ2) is 7.27. The van der Waals surface area contributed by atoms with Gasteiger partial charge in [-0.05, 0) is 51.1 Å². The fourth-order valence-corrected chi connectivity index (χ4v) is 2.91. The number of amides is 1. The van der Waals surface area contributed by atoms with Crippen LogP contribution in [0.15, 0.2) is 48.5 Å². The van der Waals surface area contributed by atoms with Gasteiger partial charge in [-0.25, -0.2) is 4.98 Å². The molecule has 1 amide bonds. The number of rotatable bonds is 4. The molecule has 0 aliphatic carbocycles. The van der Waals surface area contributed by atoms with Crippen molar-refractivity contribution in [3.63, 3.8) is 0 Å². The van der Waals surface area contributed by atoms with Crippen molar-refractivity contribution in [3.8, 4) is 22.8 Å². The van der Waals surface area contributed by atoms with Crippen LogP contribution in [0.2, 0.25) is 0 Å². The second-order valence-electron chi connectivity index (χ2n) is 7.35. The standard InChI is InChI=1S/C22H24N2O3/c1-22(2,3)24-21(25)16-13-18(23-17-9-7-6-8-15(16)17)14-10-11-19(26-4)20(12-14)27-5/h6-13H,1-5H3,(H,24,25). The summed E-state index contributed by atoms with van der Waals surface area (Å²) >= 11 is 0. The molecule has 0 spiro atoms. The lowest BCUT2D eigenvalue weighted by molar-refractivity contribution is 0.0921. The average Bonchev–Trinajstić information content (AvgIpc) is 2.65. The zero-order valence-corrected chi connectivity index (χ0v) is 16.3. The quantitative estimate of drug-likeness (QED) is 0.743. The number of carbonyl (C=O) groups is 1. The Labute approximate surface area is 159 Å². The predicted octanol–water partition coefficient (Wildman–Crippen LogP) is 4.45. The first-order valence-electron chi connectivity index (χ1n) is 8.77. The first-order chi connectivity index (χ1) is 12.8. The van der Waals surface area contributed by atoms with E-state index < -0.39 is 0 Å². The van der Waals surface area contributed by atoms with Crippen LogP contribution < -0.4 is 14.8 Å². The van der Waals surface area contributed by atoms with Crippen molar-refractivity contribution in [3.05, 3.63) is 54.1 Å². The van der Waals surface area contributed by atoms with Crippen LogP contribution in [-0.4, -0.2) is 30.6 Å². The molecule has 0 bridgehead atoms. The number of hydrogen-bond donors (Lipinski definition) is 1. The van der Waals surface area contributed by atoms with E-state index in [1.807, 2.05) is 69.3 Å². The summed E-state index contributed by atoms with van der Waals surface area (Å²) in [5.41, 5.74) is 2.59. The molecule has 0 radical (unpaired) electrons. The maximum absolute atomic E-state index is 12.9. The number of para-hydroxylation sites is 1. The highest BCUT2D eigenvalue weighted by molar-refractivity contribution is 6.07. The molecule has 1 N–H and O–H groups in total. The highest BCUT2D eigenvalue weighted by Crippen LogP contribution is 2.33. The largest absolute Gasteiger partial charge is 0.493 e. The Bertz CT molecular complexity index is 991. The van der Waals surface area contributed by atoms with E-state index in [1.165, 1.54) is 0 Å².